The van der Waals surface area contributed by atoms with E-state index in [2.05, 4.69) is 182 Å². The summed E-state index contributed by atoms with van der Waals surface area (Å²) in [6.07, 6.45) is 0. The average Bonchev–Trinajstić information content (AvgIpc) is 0.792. The van der Waals surface area contributed by atoms with Crippen LogP contribution in [0.1, 0.15) is 13.7 Å². The van der Waals surface area contributed by atoms with Gasteiger partial charge < -0.3 is 8.83 Å². The first kappa shape index (κ1) is 47.1. The first-order chi connectivity index (χ1) is 52.8. The Labute approximate surface area is 580 Å². The molecule has 0 aliphatic carbocycles. The zero-order valence-electron chi connectivity index (χ0n) is 62.7. The van der Waals surface area contributed by atoms with E-state index < -0.39 is 12.1 Å². The van der Waals surface area contributed by atoms with Crippen molar-refractivity contribution >= 4 is 109 Å². The maximum Gasteiger partial charge on any atom is 0.136 e. The smallest absolute Gasteiger partial charge is 0.136 e. The lowest BCUT2D eigenvalue weighted by Crippen LogP contribution is -1.93. The van der Waals surface area contributed by atoms with Crippen LogP contribution < -0.4 is 0 Å². The van der Waals surface area contributed by atoms with Gasteiger partial charge in [0.2, 0.25) is 0 Å². The Hall–Kier alpha value is -12.9. The summed E-state index contributed by atoms with van der Waals surface area (Å²) in [6.45, 7) is 0. The molecule has 0 fully saturated rings. The Balaban J connectivity index is 0.000000151. The van der Waals surface area contributed by atoms with Gasteiger partial charge in [0, 0.05) is 27.1 Å². The SMILES string of the molecule is [2H]c1c([2H])c([2H])c(-c2c3ccccc3c(-c3ccc(-c4ccc5oc6ccccc6c5c4-c4ccc(-c5ccccc5)cc4)c4ccccc34)c3ccccc23)c([2H])c1[2H].[2H]c1c([2H])c([2H])c(-c2c3ccccc3c(-c3cccc4c(-c5cccc6oc7ccccc7c56)cccc34)c3ccccc23)c([2H])c1[2H]. The van der Waals surface area contributed by atoms with Crippen LogP contribution in [0.5, 0.6) is 0 Å². The van der Waals surface area contributed by atoms with Gasteiger partial charge in [-0.2, -0.15) is 0 Å². The minimum absolute atomic E-state index is 0.201. The lowest BCUT2D eigenvalue weighted by Gasteiger charge is -2.20. The molecule has 0 amide bonds. The molecule has 456 valence electrons. The summed E-state index contributed by atoms with van der Waals surface area (Å²) in [6, 6.07) is 101. The molecule has 0 saturated carbocycles. The molecular formula is C96H60O2. The third kappa shape index (κ3) is 9.25. The number of fused-ring (bicyclic) bond motifs is 12. The molecule has 0 unspecified atom stereocenters. The molecule has 2 nitrogen and oxygen atoms in total. The standard InChI is InChI=1S/C54H34O.C42H26O/c1-3-15-35(16-4-1)36-27-29-38(30-28-36)52-46(33-34-50-54(52)48-25-13-14-26-49(48)55-50)41-31-32-47(40-20-8-7-19-39(40)41)53-44-23-11-9-21-42(44)51(37-17-5-2-6-18-37)43-22-10-12-24-45(43)53;1-2-13-27(14-3-1)40-33-15-4-6-17-35(33)41(36-18-7-5-16-34(36)40)31-23-11-20-28-29(31)21-10-22-30(28)32-24-12-26-39-42(32)37-19-8-9-25-38(37)43-39/h1-34H;1-26H/i2D,5D,6D,17D,18D;1D,2D,3D,13D,14D. The second-order valence-corrected chi connectivity index (χ2v) is 24.8. The Bertz CT molecular complexity index is 7010. The summed E-state index contributed by atoms with van der Waals surface area (Å²) in [5, 5.41) is 15.7. The van der Waals surface area contributed by atoms with Gasteiger partial charge in [-0.1, -0.05) is 333 Å². The van der Waals surface area contributed by atoms with Crippen LogP contribution in [0, 0.1) is 0 Å². The van der Waals surface area contributed by atoms with E-state index >= 15 is 0 Å². The number of furan rings is 2. The number of hydrogen-bond acceptors (Lipinski definition) is 2. The zero-order valence-corrected chi connectivity index (χ0v) is 52.7. The van der Waals surface area contributed by atoms with Gasteiger partial charge >= 0.3 is 0 Å². The first-order valence-corrected chi connectivity index (χ1v) is 32.9. The largest absolute Gasteiger partial charge is 0.456 e. The maximum absolute atomic E-state index is 8.99. The molecule has 98 heavy (non-hydrogen) atoms. The summed E-state index contributed by atoms with van der Waals surface area (Å²) < 4.78 is 98.9. The molecule has 2 heteroatoms. The van der Waals surface area contributed by atoms with Crippen LogP contribution in [0.2, 0.25) is 0 Å². The van der Waals surface area contributed by atoms with Crippen LogP contribution in [0.15, 0.2) is 373 Å². The van der Waals surface area contributed by atoms with Crippen LogP contribution in [-0.4, -0.2) is 0 Å². The Morgan fingerprint density at radius 3 is 0.990 bits per heavy atom. The van der Waals surface area contributed by atoms with Crippen molar-refractivity contribution in [1.82, 2.24) is 0 Å². The predicted molar refractivity (Wildman–Crippen MR) is 416 cm³/mol. The van der Waals surface area contributed by atoms with Crippen molar-refractivity contribution in [2.45, 2.75) is 0 Å². The first-order valence-electron chi connectivity index (χ1n) is 37.9. The summed E-state index contributed by atoms with van der Waals surface area (Å²) in [4.78, 5) is 0. The van der Waals surface area contributed by atoms with Gasteiger partial charge in [-0.3, -0.25) is 0 Å². The van der Waals surface area contributed by atoms with Crippen molar-refractivity contribution < 1.29 is 22.5 Å². The number of hydrogen-bond donors (Lipinski definition) is 0. The Kier molecular flexibility index (Phi) is 11.3. The van der Waals surface area contributed by atoms with Gasteiger partial charge in [0.1, 0.15) is 22.3 Å². The van der Waals surface area contributed by atoms with E-state index in [1.807, 2.05) is 121 Å². The van der Waals surface area contributed by atoms with E-state index in [-0.39, 0.29) is 59.5 Å². The highest BCUT2D eigenvalue weighted by Crippen LogP contribution is 2.51. The third-order valence-corrected chi connectivity index (χ3v) is 19.6. The van der Waals surface area contributed by atoms with Gasteiger partial charge in [0.15, 0.2) is 0 Å². The summed E-state index contributed by atoms with van der Waals surface area (Å²) in [5.41, 5.74) is 18.1. The third-order valence-electron chi connectivity index (χ3n) is 19.6. The van der Waals surface area contributed by atoms with Crippen LogP contribution >= 0.6 is 0 Å². The molecule has 2 heterocycles. The summed E-state index contributed by atoms with van der Waals surface area (Å²) in [7, 11) is 0. The molecule has 0 spiro atoms. The van der Waals surface area contributed by atoms with Crippen molar-refractivity contribution in [1.29, 1.82) is 0 Å². The normalized spacial score (nSPS) is 13.1. The molecule has 0 radical (unpaired) electrons. The van der Waals surface area contributed by atoms with E-state index in [4.69, 9.17) is 22.5 Å². The minimum Gasteiger partial charge on any atom is -0.456 e. The van der Waals surface area contributed by atoms with Crippen molar-refractivity contribution in [3.63, 3.8) is 0 Å². The summed E-state index contributed by atoms with van der Waals surface area (Å²) >= 11 is 0. The zero-order chi connectivity index (χ0) is 73.3. The lowest BCUT2D eigenvalue weighted by atomic mass is 9.83. The van der Waals surface area contributed by atoms with Gasteiger partial charge in [-0.05, 0) is 178 Å². The van der Waals surface area contributed by atoms with Gasteiger partial charge in [0.25, 0.3) is 0 Å². The average molecular weight is 1260 g/mol. The summed E-state index contributed by atoms with van der Waals surface area (Å²) in [5.74, 6) is 0. The van der Waals surface area contributed by atoms with Crippen LogP contribution in [-0.2, 0) is 0 Å². The molecule has 2 aromatic heterocycles. The number of rotatable bonds is 8. The van der Waals surface area contributed by atoms with Crippen molar-refractivity contribution in [3.8, 4) is 89.0 Å². The van der Waals surface area contributed by atoms with E-state index in [0.717, 1.165) is 170 Å². The Morgan fingerprint density at radius 1 is 0.163 bits per heavy atom. The molecular weight excluding hydrogens is 1190 g/mol. The molecule has 20 aromatic rings. The van der Waals surface area contributed by atoms with E-state index in [0.29, 0.717) is 11.1 Å². The van der Waals surface area contributed by atoms with Crippen LogP contribution in [0.4, 0.5) is 0 Å². The predicted octanol–water partition coefficient (Wildman–Crippen LogP) is 27.4. The van der Waals surface area contributed by atoms with E-state index in [1.165, 1.54) is 5.56 Å². The van der Waals surface area contributed by atoms with Crippen molar-refractivity contribution in [3.05, 3.63) is 364 Å². The molecule has 20 rings (SSSR count). The van der Waals surface area contributed by atoms with Crippen molar-refractivity contribution in [2.24, 2.45) is 0 Å². The monoisotopic (exact) mass is 1250 g/mol. The maximum atomic E-state index is 8.99. The van der Waals surface area contributed by atoms with Gasteiger partial charge in [-0.15, -0.1) is 0 Å². The molecule has 18 aromatic carbocycles. The molecule has 0 saturated heterocycles. The molecule has 0 aliphatic rings. The quantitative estimate of drug-likeness (QED) is 0.142. The van der Waals surface area contributed by atoms with Crippen molar-refractivity contribution in [2.75, 3.05) is 0 Å². The highest BCUT2D eigenvalue weighted by atomic mass is 16.3. The highest BCUT2D eigenvalue weighted by Gasteiger charge is 2.24. The molecule has 0 bridgehead atoms. The fraction of sp³-hybridized carbons (Fsp3) is 0. The van der Waals surface area contributed by atoms with Gasteiger partial charge in [-0.25, -0.2) is 0 Å². The van der Waals surface area contributed by atoms with Gasteiger partial charge in [0.05, 0.1) is 13.7 Å². The lowest BCUT2D eigenvalue weighted by molar-refractivity contribution is 0.668. The molecule has 0 atom stereocenters. The van der Waals surface area contributed by atoms with E-state index in [1.54, 1.807) is 0 Å². The number of para-hydroxylation sites is 2. The van der Waals surface area contributed by atoms with Crippen LogP contribution in [0.25, 0.3) is 198 Å². The fourth-order valence-electron chi connectivity index (χ4n) is 15.4. The topological polar surface area (TPSA) is 26.3 Å². The second-order valence-electron chi connectivity index (χ2n) is 24.8. The Morgan fingerprint density at radius 2 is 0.480 bits per heavy atom. The van der Waals surface area contributed by atoms with E-state index in [9.17, 15) is 0 Å². The molecule has 0 aliphatic heterocycles. The molecule has 0 N–H and O–H groups in total. The minimum atomic E-state index is -0.405. The van der Waals surface area contributed by atoms with Crippen LogP contribution in [0.3, 0.4) is 0 Å². The fourth-order valence-corrected chi connectivity index (χ4v) is 15.4. The number of benzene rings is 18. The highest BCUT2D eigenvalue weighted by molar-refractivity contribution is 6.27. The second kappa shape index (κ2) is 23.5.